The molecule has 4 N–H and O–H groups in total. The molecule has 0 amide bonds. The van der Waals surface area contributed by atoms with Crippen LogP contribution in [0.4, 0.5) is 4.39 Å². The van der Waals surface area contributed by atoms with Gasteiger partial charge in [0, 0.05) is 6.42 Å². The van der Waals surface area contributed by atoms with E-state index in [1.54, 1.807) is 0 Å². The van der Waals surface area contributed by atoms with Gasteiger partial charge in [-0.1, -0.05) is 6.07 Å². The number of carboxylic acids is 1. The molecule has 6 heteroatoms. The fourth-order valence-corrected chi connectivity index (χ4v) is 1.20. The molecule has 1 aromatic carbocycles. The molecule has 0 aliphatic rings. The van der Waals surface area contributed by atoms with Gasteiger partial charge < -0.3 is 28.0 Å². The van der Waals surface area contributed by atoms with Crippen LogP contribution in [0.2, 0.25) is 0 Å². The number of quaternary nitrogens is 1. The van der Waals surface area contributed by atoms with Crippen LogP contribution in [0.1, 0.15) is 5.56 Å². The van der Waals surface area contributed by atoms with Crippen LogP contribution in [0.25, 0.3) is 0 Å². The Labute approximate surface area is 98.6 Å². The zero-order chi connectivity index (χ0) is 11.4. The summed E-state index contributed by atoms with van der Waals surface area (Å²) in [6, 6.07) is 3.53. The van der Waals surface area contributed by atoms with E-state index in [1.807, 2.05) is 0 Å². The zero-order valence-electron chi connectivity index (χ0n) is 8.74. The second kappa shape index (κ2) is 6.30. The number of methoxy groups -OCH3 is 1. The normalized spacial score (nSPS) is 11.4. The first-order valence-electron chi connectivity index (χ1n) is 4.43. The molecular weight excluding hydrogens is 237 g/mol. The van der Waals surface area contributed by atoms with Crippen molar-refractivity contribution < 1.29 is 37.2 Å². The number of carbonyl (C=O) groups is 1. The zero-order valence-corrected chi connectivity index (χ0v) is 9.50. The highest BCUT2D eigenvalue weighted by atomic mass is 35.5. The molecule has 1 aromatic rings. The van der Waals surface area contributed by atoms with Crippen LogP contribution in [0.15, 0.2) is 18.2 Å². The van der Waals surface area contributed by atoms with E-state index in [0.717, 1.165) is 0 Å². The van der Waals surface area contributed by atoms with E-state index in [1.165, 1.54) is 25.3 Å². The first-order chi connectivity index (χ1) is 7.04. The first-order valence-corrected chi connectivity index (χ1v) is 4.43. The van der Waals surface area contributed by atoms with Gasteiger partial charge in [-0.05, 0) is 17.7 Å². The van der Waals surface area contributed by atoms with Crippen molar-refractivity contribution in [2.24, 2.45) is 0 Å². The molecule has 1 atom stereocenters. The largest absolute Gasteiger partial charge is 1.00 e. The van der Waals surface area contributed by atoms with Gasteiger partial charge in [0.25, 0.3) is 0 Å². The van der Waals surface area contributed by atoms with E-state index in [0.29, 0.717) is 5.56 Å². The van der Waals surface area contributed by atoms with E-state index >= 15 is 0 Å². The van der Waals surface area contributed by atoms with Crippen molar-refractivity contribution in [2.75, 3.05) is 7.11 Å². The molecule has 0 aromatic heterocycles. The van der Waals surface area contributed by atoms with E-state index in [-0.39, 0.29) is 24.6 Å². The van der Waals surface area contributed by atoms with Crippen molar-refractivity contribution in [3.05, 3.63) is 29.6 Å². The lowest BCUT2D eigenvalue weighted by Crippen LogP contribution is -3.00. The summed E-state index contributed by atoms with van der Waals surface area (Å²) >= 11 is 0. The van der Waals surface area contributed by atoms with Gasteiger partial charge in [-0.2, -0.15) is 0 Å². The van der Waals surface area contributed by atoms with Crippen LogP contribution in [-0.2, 0) is 11.2 Å². The van der Waals surface area contributed by atoms with Crippen molar-refractivity contribution in [3.63, 3.8) is 0 Å². The number of aliphatic carboxylic acids is 1. The predicted molar refractivity (Wildman–Crippen MR) is 51.0 cm³/mol. The lowest BCUT2D eigenvalue weighted by molar-refractivity contribution is -0.407. The summed E-state index contributed by atoms with van der Waals surface area (Å²) in [5.41, 5.74) is 4.17. The average Bonchev–Trinajstić information content (AvgIpc) is 2.20. The molecule has 16 heavy (non-hydrogen) atoms. The highest BCUT2D eigenvalue weighted by molar-refractivity contribution is 5.71. The smallest absolute Gasteiger partial charge is 0.362 e. The summed E-state index contributed by atoms with van der Waals surface area (Å²) in [5.74, 6) is -1.32. The van der Waals surface area contributed by atoms with Gasteiger partial charge in [0.05, 0.1) is 7.11 Å². The maximum absolute atomic E-state index is 13.0. The van der Waals surface area contributed by atoms with Crippen molar-refractivity contribution in [3.8, 4) is 5.75 Å². The molecule has 0 saturated carbocycles. The maximum Gasteiger partial charge on any atom is 0.362 e. The Morgan fingerprint density at radius 1 is 1.62 bits per heavy atom. The van der Waals surface area contributed by atoms with Gasteiger partial charge in [-0.15, -0.1) is 0 Å². The van der Waals surface area contributed by atoms with Gasteiger partial charge in [-0.25, -0.2) is 9.18 Å². The maximum atomic E-state index is 13.0. The minimum atomic E-state index is -0.974. The van der Waals surface area contributed by atoms with Gasteiger partial charge in [-0.3, -0.25) is 0 Å². The Hall–Kier alpha value is -1.33. The molecule has 90 valence electrons. The standard InChI is InChI=1S/C10H12FNO3.ClH/c1-15-9-5-6(2-3-7(9)11)4-8(12)10(13)14;/h2-3,5,8H,4,12H2,1H3,(H,13,14);1H. The van der Waals surface area contributed by atoms with Crippen LogP contribution in [0.5, 0.6) is 5.75 Å². The number of rotatable bonds is 4. The van der Waals surface area contributed by atoms with E-state index in [2.05, 4.69) is 5.73 Å². The molecule has 1 rings (SSSR count). The quantitative estimate of drug-likeness (QED) is 0.600. The van der Waals surface area contributed by atoms with E-state index < -0.39 is 17.8 Å². The average molecular weight is 250 g/mol. The summed E-state index contributed by atoms with van der Waals surface area (Å²) < 4.78 is 17.8. The molecule has 0 saturated heterocycles. The van der Waals surface area contributed by atoms with Crippen LogP contribution in [0, 0.1) is 5.82 Å². The number of hydrogen-bond donors (Lipinski definition) is 2. The van der Waals surface area contributed by atoms with E-state index in [9.17, 15) is 9.18 Å². The third-order valence-corrected chi connectivity index (χ3v) is 2.05. The lowest BCUT2D eigenvalue weighted by Gasteiger charge is -2.06. The van der Waals surface area contributed by atoms with Crippen molar-refractivity contribution in [1.82, 2.24) is 0 Å². The minimum absolute atomic E-state index is 0. The minimum Gasteiger partial charge on any atom is -1.00 e. The Morgan fingerprint density at radius 3 is 2.75 bits per heavy atom. The van der Waals surface area contributed by atoms with Gasteiger partial charge in [0.2, 0.25) is 0 Å². The number of carboxylic acid groups (broad SMARTS) is 1. The monoisotopic (exact) mass is 249 g/mol. The Balaban J connectivity index is 0.00000225. The van der Waals surface area contributed by atoms with Crippen LogP contribution < -0.4 is 22.9 Å². The lowest BCUT2D eigenvalue weighted by atomic mass is 10.1. The predicted octanol–water partition coefficient (Wildman–Crippen LogP) is -2.92. The van der Waals surface area contributed by atoms with Crippen molar-refractivity contribution >= 4 is 5.97 Å². The molecule has 4 nitrogen and oxygen atoms in total. The summed E-state index contributed by atoms with van der Waals surface area (Å²) in [7, 11) is 1.36. The number of hydrogen-bond acceptors (Lipinski definition) is 2. The second-order valence-electron chi connectivity index (χ2n) is 3.21. The second-order valence-corrected chi connectivity index (χ2v) is 3.21. The van der Waals surface area contributed by atoms with Crippen molar-refractivity contribution in [1.29, 1.82) is 0 Å². The summed E-state index contributed by atoms with van der Waals surface area (Å²) in [6.07, 6.45) is 0.256. The van der Waals surface area contributed by atoms with Crippen molar-refractivity contribution in [2.45, 2.75) is 12.5 Å². The van der Waals surface area contributed by atoms with Gasteiger partial charge >= 0.3 is 5.97 Å². The Kier molecular flexibility index (Phi) is 5.77. The molecule has 0 aliphatic carbocycles. The first kappa shape index (κ1) is 14.7. The molecule has 0 fully saturated rings. The Bertz CT molecular complexity index is 373. The highest BCUT2D eigenvalue weighted by Crippen LogP contribution is 2.18. The number of ether oxygens (including phenoxy) is 1. The summed E-state index contributed by atoms with van der Waals surface area (Å²) in [6.45, 7) is 0. The summed E-state index contributed by atoms with van der Waals surface area (Å²) in [5, 5.41) is 8.66. The van der Waals surface area contributed by atoms with Gasteiger partial charge in [0.1, 0.15) is 0 Å². The third-order valence-electron chi connectivity index (χ3n) is 2.05. The highest BCUT2D eigenvalue weighted by Gasteiger charge is 2.16. The molecule has 0 bridgehead atoms. The summed E-state index contributed by atoms with van der Waals surface area (Å²) in [4.78, 5) is 10.6. The SMILES string of the molecule is COc1cc(CC([NH3+])C(=O)O)ccc1F.[Cl-]. The molecule has 0 radical (unpaired) electrons. The molecule has 0 heterocycles. The van der Waals surface area contributed by atoms with Crippen LogP contribution in [-0.4, -0.2) is 24.2 Å². The van der Waals surface area contributed by atoms with Gasteiger partial charge in [0.15, 0.2) is 17.6 Å². The fraction of sp³-hybridized carbons (Fsp3) is 0.300. The molecule has 0 spiro atoms. The molecular formula is C10H13ClFNO3. The molecule has 1 unspecified atom stereocenters. The number of halogens is 2. The molecule has 0 aliphatic heterocycles. The van der Waals surface area contributed by atoms with Crippen LogP contribution >= 0.6 is 0 Å². The Morgan fingerprint density at radius 2 is 2.25 bits per heavy atom. The topological polar surface area (TPSA) is 74.2 Å². The fourth-order valence-electron chi connectivity index (χ4n) is 1.20. The number of benzene rings is 1. The van der Waals surface area contributed by atoms with E-state index in [4.69, 9.17) is 9.84 Å². The van der Waals surface area contributed by atoms with Crippen LogP contribution in [0.3, 0.4) is 0 Å². The third kappa shape index (κ3) is 3.67.